The van der Waals surface area contributed by atoms with E-state index >= 15 is 0 Å². The topological polar surface area (TPSA) is 96.4 Å². The number of aryl methyl sites for hydroxylation is 1. The number of aromatic carboxylic acids is 1. The fraction of sp³-hybridized carbons (Fsp3) is 0.0526. The number of sulfonamides is 1. The molecule has 144 valence electrons. The second kappa shape index (κ2) is 7.79. The molecule has 1 aromatic heterocycles. The highest BCUT2D eigenvalue weighted by Gasteiger charge is 2.18. The lowest BCUT2D eigenvalue weighted by Gasteiger charge is -2.10. The first-order valence-electron chi connectivity index (χ1n) is 7.95. The van der Waals surface area contributed by atoms with Crippen molar-refractivity contribution >= 4 is 44.9 Å². The van der Waals surface area contributed by atoms with Gasteiger partial charge in [0, 0.05) is 5.56 Å². The van der Waals surface area contributed by atoms with Gasteiger partial charge in [0.25, 0.3) is 10.0 Å². The minimum Gasteiger partial charge on any atom is -0.478 e. The zero-order valence-corrected chi connectivity index (χ0v) is 16.8. The summed E-state index contributed by atoms with van der Waals surface area (Å²) >= 11 is 11.9. The third-order valence-corrected chi connectivity index (χ3v) is 6.10. The van der Waals surface area contributed by atoms with Crippen LogP contribution in [0.1, 0.15) is 15.9 Å². The van der Waals surface area contributed by atoms with Crippen molar-refractivity contribution in [1.29, 1.82) is 0 Å². The summed E-state index contributed by atoms with van der Waals surface area (Å²) in [6.07, 6.45) is 1.36. The highest BCUT2D eigenvalue weighted by atomic mass is 35.5. The fourth-order valence-corrected chi connectivity index (χ4v) is 3.86. The number of halogens is 2. The molecule has 1 heterocycles. The maximum absolute atomic E-state index is 12.6. The molecule has 0 atom stereocenters. The number of benzene rings is 2. The summed E-state index contributed by atoms with van der Waals surface area (Å²) in [6.45, 7) is 1.60. The first-order chi connectivity index (χ1) is 13.2. The lowest BCUT2D eigenvalue weighted by atomic mass is 10.1. The van der Waals surface area contributed by atoms with Crippen LogP contribution in [0, 0.1) is 6.92 Å². The largest absolute Gasteiger partial charge is 0.478 e. The summed E-state index contributed by atoms with van der Waals surface area (Å²) in [4.78, 5) is 15.3. The van der Waals surface area contributed by atoms with Gasteiger partial charge in [0.15, 0.2) is 0 Å². The molecule has 0 aliphatic rings. The molecule has 0 spiro atoms. The molecule has 0 saturated carbocycles. The van der Waals surface area contributed by atoms with E-state index in [1.165, 1.54) is 18.3 Å². The molecule has 0 unspecified atom stereocenters. The predicted molar refractivity (Wildman–Crippen MR) is 109 cm³/mol. The first kappa shape index (κ1) is 20.1. The Labute approximate surface area is 171 Å². The average molecular weight is 437 g/mol. The van der Waals surface area contributed by atoms with Crippen molar-refractivity contribution in [3.63, 3.8) is 0 Å². The van der Waals surface area contributed by atoms with Gasteiger partial charge in [-0.1, -0.05) is 35.3 Å². The Morgan fingerprint density at radius 3 is 2.39 bits per heavy atom. The van der Waals surface area contributed by atoms with Gasteiger partial charge in [0.1, 0.15) is 0 Å². The molecule has 2 aromatic carbocycles. The van der Waals surface area contributed by atoms with Crippen LogP contribution in [0.25, 0.3) is 11.3 Å². The Balaban J connectivity index is 1.86. The quantitative estimate of drug-likeness (QED) is 0.594. The van der Waals surface area contributed by atoms with Crippen LogP contribution in [0.3, 0.4) is 0 Å². The summed E-state index contributed by atoms with van der Waals surface area (Å²) in [6, 6.07) is 12.2. The van der Waals surface area contributed by atoms with Crippen molar-refractivity contribution < 1.29 is 18.3 Å². The highest BCUT2D eigenvalue weighted by Crippen LogP contribution is 2.28. The zero-order valence-electron chi connectivity index (χ0n) is 14.5. The van der Waals surface area contributed by atoms with Crippen molar-refractivity contribution in [2.24, 2.45) is 0 Å². The van der Waals surface area contributed by atoms with E-state index in [4.69, 9.17) is 23.2 Å². The smallest absolute Gasteiger partial charge is 0.335 e. The van der Waals surface area contributed by atoms with Crippen LogP contribution in [-0.4, -0.2) is 24.5 Å². The third kappa shape index (κ3) is 4.27. The van der Waals surface area contributed by atoms with E-state index in [2.05, 4.69) is 9.71 Å². The summed E-state index contributed by atoms with van der Waals surface area (Å²) in [7, 11) is -3.97. The average Bonchev–Trinajstić information content (AvgIpc) is 2.64. The molecule has 3 aromatic rings. The van der Waals surface area contributed by atoms with Crippen LogP contribution in [0.4, 0.5) is 5.69 Å². The van der Waals surface area contributed by atoms with Crippen LogP contribution >= 0.6 is 23.2 Å². The predicted octanol–water partition coefficient (Wildman–Crippen LogP) is 4.86. The van der Waals surface area contributed by atoms with E-state index < -0.39 is 16.0 Å². The molecule has 6 nitrogen and oxygen atoms in total. The van der Waals surface area contributed by atoms with E-state index in [0.717, 1.165) is 11.6 Å². The van der Waals surface area contributed by atoms with Crippen molar-refractivity contribution in [2.45, 2.75) is 11.8 Å². The number of anilines is 1. The Hall–Kier alpha value is -2.61. The molecule has 3 rings (SSSR count). The summed E-state index contributed by atoms with van der Waals surface area (Å²) in [5.74, 6) is -1.19. The summed E-state index contributed by atoms with van der Waals surface area (Å²) in [5, 5.41) is 9.99. The maximum atomic E-state index is 12.6. The van der Waals surface area contributed by atoms with Crippen molar-refractivity contribution in [2.75, 3.05) is 4.72 Å². The number of pyridine rings is 1. The van der Waals surface area contributed by atoms with Crippen LogP contribution < -0.4 is 4.72 Å². The molecule has 0 amide bonds. The maximum Gasteiger partial charge on any atom is 0.335 e. The molecule has 0 fully saturated rings. The molecule has 9 heteroatoms. The lowest BCUT2D eigenvalue weighted by Crippen LogP contribution is -2.14. The number of aromatic nitrogens is 1. The van der Waals surface area contributed by atoms with E-state index in [0.29, 0.717) is 21.3 Å². The number of nitrogens with zero attached hydrogens (tertiary/aromatic N) is 1. The molecule has 0 aliphatic carbocycles. The second-order valence-electron chi connectivity index (χ2n) is 5.95. The highest BCUT2D eigenvalue weighted by molar-refractivity contribution is 7.92. The van der Waals surface area contributed by atoms with Gasteiger partial charge in [-0.2, -0.15) is 0 Å². The number of carboxylic acid groups (broad SMARTS) is 1. The Bertz CT molecular complexity index is 1160. The van der Waals surface area contributed by atoms with Gasteiger partial charge in [0.2, 0.25) is 0 Å². The standard InChI is InChI=1S/C19H14Cl2N2O4S/c1-11-2-5-14(9-15(11)19(24)25)28(26,27)23-13-4-7-18(22-10-13)12-3-6-16(20)17(21)8-12/h2-10,23H,1H3,(H,24,25). The number of carboxylic acids is 1. The monoisotopic (exact) mass is 436 g/mol. The van der Waals surface area contributed by atoms with Gasteiger partial charge in [-0.25, -0.2) is 13.2 Å². The molecule has 0 radical (unpaired) electrons. The number of rotatable bonds is 5. The number of carbonyl (C=O) groups is 1. The normalized spacial score (nSPS) is 11.2. The van der Waals surface area contributed by atoms with Crippen LogP contribution in [-0.2, 0) is 10.0 Å². The number of hydrogen-bond donors (Lipinski definition) is 2. The molecule has 2 N–H and O–H groups in total. The Morgan fingerprint density at radius 2 is 1.79 bits per heavy atom. The Kier molecular flexibility index (Phi) is 5.60. The van der Waals surface area contributed by atoms with Crippen LogP contribution in [0.2, 0.25) is 10.0 Å². The van der Waals surface area contributed by atoms with Gasteiger partial charge < -0.3 is 5.11 Å². The minimum absolute atomic E-state index is 0.0732. The Morgan fingerprint density at radius 1 is 1.04 bits per heavy atom. The van der Waals surface area contributed by atoms with Crippen molar-refractivity contribution in [3.8, 4) is 11.3 Å². The zero-order chi connectivity index (χ0) is 20.5. The van der Waals surface area contributed by atoms with E-state index in [1.54, 1.807) is 37.3 Å². The van der Waals surface area contributed by atoms with E-state index in [1.807, 2.05) is 0 Å². The third-order valence-electron chi connectivity index (χ3n) is 3.98. The van der Waals surface area contributed by atoms with Crippen molar-refractivity contribution in [1.82, 2.24) is 4.98 Å². The minimum atomic E-state index is -3.97. The molecule has 0 saturated heterocycles. The van der Waals surface area contributed by atoms with Gasteiger partial charge in [-0.3, -0.25) is 9.71 Å². The van der Waals surface area contributed by atoms with Gasteiger partial charge in [-0.15, -0.1) is 0 Å². The molecule has 0 aliphatic heterocycles. The summed E-state index contributed by atoms with van der Waals surface area (Å²) in [5.41, 5.74) is 1.95. The number of nitrogens with one attached hydrogen (secondary N) is 1. The van der Waals surface area contributed by atoms with E-state index in [9.17, 15) is 18.3 Å². The van der Waals surface area contributed by atoms with Crippen LogP contribution in [0.15, 0.2) is 59.6 Å². The van der Waals surface area contributed by atoms with Crippen molar-refractivity contribution in [3.05, 3.63) is 75.9 Å². The number of hydrogen-bond acceptors (Lipinski definition) is 4. The van der Waals surface area contributed by atoms with Crippen LogP contribution in [0.5, 0.6) is 0 Å². The van der Waals surface area contributed by atoms with E-state index in [-0.39, 0.29) is 16.1 Å². The molecule has 28 heavy (non-hydrogen) atoms. The fourth-order valence-electron chi connectivity index (χ4n) is 2.49. The molecule has 0 bridgehead atoms. The van der Waals surface area contributed by atoms with Gasteiger partial charge in [-0.05, 0) is 48.9 Å². The molecular weight excluding hydrogens is 423 g/mol. The SMILES string of the molecule is Cc1ccc(S(=O)(=O)Nc2ccc(-c3ccc(Cl)c(Cl)c3)nc2)cc1C(=O)O. The van der Waals surface area contributed by atoms with Gasteiger partial charge in [0.05, 0.1) is 38.1 Å². The second-order valence-corrected chi connectivity index (χ2v) is 8.45. The first-order valence-corrected chi connectivity index (χ1v) is 10.2. The summed E-state index contributed by atoms with van der Waals surface area (Å²) < 4.78 is 27.5. The van der Waals surface area contributed by atoms with Gasteiger partial charge >= 0.3 is 5.97 Å². The molecular formula is C19H14Cl2N2O4S. The lowest BCUT2D eigenvalue weighted by molar-refractivity contribution is 0.0696.